The maximum absolute atomic E-state index is 12.7. The molecule has 0 aromatic heterocycles. The van der Waals surface area contributed by atoms with Gasteiger partial charge in [0.15, 0.2) is 0 Å². The molecule has 0 aromatic carbocycles. The first kappa shape index (κ1) is 30.1. The molecule has 0 fully saturated rings. The number of carboxylic acids is 3. The molecule has 0 aromatic rings. The van der Waals surface area contributed by atoms with Gasteiger partial charge >= 0.3 is 17.9 Å². The van der Waals surface area contributed by atoms with Crippen molar-refractivity contribution in [1.29, 1.82) is 0 Å². The third-order valence-corrected chi connectivity index (χ3v) is 5.14. The highest BCUT2D eigenvalue weighted by Crippen LogP contribution is 2.07. The molecule has 8 N–H and O–H groups in total. The Morgan fingerprint density at radius 1 is 0.818 bits per heavy atom. The molecule has 14 heteroatoms. The molecule has 33 heavy (non-hydrogen) atoms. The van der Waals surface area contributed by atoms with E-state index in [2.05, 4.69) is 16.0 Å². The van der Waals surface area contributed by atoms with Crippen molar-refractivity contribution in [3.63, 3.8) is 0 Å². The summed E-state index contributed by atoms with van der Waals surface area (Å²) in [6.07, 6.45) is 0.435. The second kappa shape index (κ2) is 15.1. The summed E-state index contributed by atoms with van der Waals surface area (Å²) in [6.45, 7) is 3.20. The van der Waals surface area contributed by atoms with Gasteiger partial charge in [-0.1, -0.05) is 13.8 Å². The van der Waals surface area contributed by atoms with E-state index in [0.717, 1.165) is 0 Å². The van der Waals surface area contributed by atoms with Crippen LogP contribution in [0.4, 0.5) is 0 Å². The predicted octanol–water partition coefficient (Wildman–Crippen LogP) is -1.40. The molecule has 0 aliphatic rings. The van der Waals surface area contributed by atoms with Crippen LogP contribution in [0.25, 0.3) is 0 Å². The summed E-state index contributed by atoms with van der Waals surface area (Å²) in [4.78, 5) is 70.7. The lowest BCUT2D eigenvalue weighted by Crippen LogP contribution is -2.58. The van der Waals surface area contributed by atoms with Crippen LogP contribution >= 0.6 is 11.8 Å². The number of aliphatic carboxylic acids is 3. The lowest BCUT2D eigenvalue weighted by Gasteiger charge is -2.25. The Labute approximate surface area is 195 Å². The van der Waals surface area contributed by atoms with Gasteiger partial charge in [0.25, 0.3) is 0 Å². The van der Waals surface area contributed by atoms with Crippen LogP contribution in [0.1, 0.15) is 39.5 Å². The van der Waals surface area contributed by atoms with E-state index in [0.29, 0.717) is 5.75 Å². The Hall–Kier alpha value is -2.87. The van der Waals surface area contributed by atoms with Crippen molar-refractivity contribution in [2.24, 2.45) is 11.7 Å². The zero-order valence-corrected chi connectivity index (χ0v) is 19.5. The van der Waals surface area contributed by atoms with Gasteiger partial charge in [-0.05, 0) is 30.8 Å². The van der Waals surface area contributed by atoms with Gasteiger partial charge in [0.1, 0.15) is 18.1 Å². The topological polar surface area (TPSA) is 225 Å². The third-order valence-electron chi connectivity index (χ3n) is 4.49. The Kier molecular flexibility index (Phi) is 13.7. The van der Waals surface area contributed by atoms with Crippen LogP contribution in [0.5, 0.6) is 0 Å². The first-order valence-corrected chi connectivity index (χ1v) is 11.5. The predicted molar refractivity (Wildman–Crippen MR) is 118 cm³/mol. The van der Waals surface area contributed by atoms with Crippen molar-refractivity contribution in [2.45, 2.75) is 63.7 Å². The van der Waals surface area contributed by atoms with E-state index in [4.69, 9.17) is 15.9 Å². The lowest BCUT2D eigenvalue weighted by atomic mass is 10.0. The molecule has 0 rings (SSSR count). The summed E-state index contributed by atoms with van der Waals surface area (Å²) in [6, 6.07) is -5.26. The van der Waals surface area contributed by atoms with Crippen LogP contribution in [-0.4, -0.2) is 87.1 Å². The fourth-order valence-corrected chi connectivity index (χ4v) is 3.09. The molecular weight excluding hydrogens is 460 g/mol. The van der Waals surface area contributed by atoms with Crippen LogP contribution in [0.2, 0.25) is 0 Å². The Morgan fingerprint density at radius 3 is 1.82 bits per heavy atom. The fraction of sp³-hybridized carbons (Fsp3) is 0.684. The minimum Gasteiger partial charge on any atom is -0.481 e. The van der Waals surface area contributed by atoms with Crippen molar-refractivity contribution in [2.75, 3.05) is 12.0 Å². The van der Waals surface area contributed by atoms with Crippen LogP contribution in [0.3, 0.4) is 0 Å². The van der Waals surface area contributed by atoms with Gasteiger partial charge in [-0.2, -0.15) is 11.8 Å². The van der Waals surface area contributed by atoms with E-state index in [-0.39, 0.29) is 12.8 Å². The molecule has 188 valence electrons. The molecular formula is C19H32N4O9S. The summed E-state index contributed by atoms with van der Waals surface area (Å²) >= 11 is 1.37. The second-order valence-electron chi connectivity index (χ2n) is 7.61. The normalized spacial score (nSPS) is 14.5. The zero-order valence-electron chi connectivity index (χ0n) is 18.7. The average Bonchev–Trinajstić information content (AvgIpc) is 2.71. The van der Waals surface area contributed by atoms with Crippen molar-refractivity contribution < 1.29 is 44.1 Å². The molecule has 0 bridgehead atoms. The Balaban J connectivity index is 5.44. The summed E-state index contributed by atoms with van der Waals surface area (Å²) in [7, 11) is 0. The summed E-state index contributed by atoms with van der Waals surface area (Å²) < 4.78 is 0. The van der Waals surface area contributed by atoms with E-state index in [1.165, 1.54) is 11.8 Å². The van der Waals surface area contributed by atoms with Gasteiger partial charge in [-0.15, -0.1) is 0 Å². The largest absolute Gasteiger partial charge is 0.481 e. The number of hydrogen-bond acceptors (Lipinski definition) is 8. The highest BCUT2D eigenvalue weighted by Gasteiger charge is 2.32. The highest BCUT2D eigenvalue weighted by atomic mass is 32.2. The maximum Gasteiger partial charge on any atom is 0.326 e. The molecule has 3 amide bonds. The first-order valence-electron chi connectivity index (χ1n) is 10.1. The van der Waals surface area contributed by atoms with Crippen LogP contribution in [-0.2, 0) is 28.8 Å². The first-order chi connectivity index (χ1) is 15.3. The molecule has 0 saturated carbocycles. The van der Waals surface area contributed by atoms with E-state index < -0.39 is 78.6 Å². The number of hydrogen-bond donors (Lipinski definition) is 7. The average molecular weight is 493 g/mol. The number of thioether (sulfide) groups is 1. The molecule has 4 atom stereocenters. The van der Waals surface area contributed by atoms with Crippen molar-refractivity contribution >= 4 is 47.4 Å². The quantitative estimate of drug-likeness (QED) is 0.133. The van der Waals surface area contributed by atoms with Gasteiger partial charge in [0, 0.05) is 6.42 Å². The Morgan fingerprint density at radius 2 is 1.36 bits per heavy atom. The van der Waals surface area contributed by atoms with Crippen molar-refractivity contribution in [1.82, 2.24) is 16.0 Å². The molecule has 0 aliphatic carbocycles. The van der Waals surface area contributed by atoms with Crippen LogP contribution in [0.15, 0.2) is 0 Å². The molecule has 0 saturated heterocycles. The SMILES string of the molecule is CSCCC(NC(=O)C(CC(=O)O)NC(=O)C(N)CCC(=O)O)C(=O)NC(C(=O)O)C(C)C. The standard InChI is InChI=1S/C19H32N4O9S/c1-9(2)15(19(31)32)23-17(29)11(6-7-33-3)21-18(30)12(8-14(26)27)22-16(28)10(20)4-5-13(24)25/h9-12,15H,4-8,20H2,1-3H3,(H,21,30)(H,22,28)(H,23,29)(H,24,25)(H,26,27)(H,31,32). The highest BCUT2D eigenvalue weighted by molar-refractivity contribution is 7.98. The summed E-state index contributed by atoms with van der Waals surface area (Å²) in [5.74, 6) is -6.52. The molecule has 0 aliphatic heterocycles. The molecule has 13 nitrogen and oxygen atoms in total. The number of carbonyl (C=O) groups excluding carboxylic acids is 3. The molecule has 0 radical (unpaired) electrons. The van der Waals surface area contributed by atoms with E-state index >= 15 is 0 Å². The molecule has 0 spiro atoms. The zero-order chi connectivity index (χ0) is 25.7. The third kappa shape index (κ3) is 12.1. The molecule has 0 heterocycles. The number of carboxylic acid groups (broad SMARTS) is 3. The second-order valence-corrected chi connectivity index (χ2v) is 8.59. The van der Waals surface area contributed by atoms with Crippen LogP contribution in [0, 0.1) is 5.92 Å². The minimum atomic E-state index is -1.59. The van der Waals surface area contributed by atoms with Gasteiger partial charge in [0.2, 0.25) is 17.7 Å². The van der Waals surface area contributed by atoms with E-state index in [9.17, 15) is 33.9 Å². The van der Waals surface area contributed by atoms with Crippen molar-refractivity contribution in [3.05, 3.63) is 0 Å². The molecule has 4 unspecified atom stereocenters. The van der Waals surface area contributed by atoms with Crippen molar-refractivity contribution in [3.8, 4) is 0 Å². The van der Waals surface area contributed by atoms with Gasteiger partial charge in [0.05, 0.1) is 12.5 Å². The number of nitrogens with two attached hydrogens (primary N) is 1. The number of carbonyl (C=O) groups is 6. The fourth-order valence-electron chi connectivity index (χ4n) is 2.62. The van der Waals surface area contributed by atoms with Gasteiger partial charge in [-0.3, -0.25) is 24.0 Å². The van der Waals surface area contributed by atoms with E-state index in [1.807, 2.05) is 0 Å². The monoisotopic (exact) mass is 492 g/mol. The summed E-state index contributed by atoms with van der Waals surface area (Å²) in [5.41, 5.74) is 5.59. The van der Waals surface area contributed by atoms with E-state index in [1.54, 1.807) is 20.1 Å². The van der Waals surface area contributed by atoms with Gasteiger partial charge in [-0.25, -0.2) is 4.79 Å². The lowest BCUT2D eigenvalue weighted by molar-refractivity contribution is -0.144. The van der Waals surface area contributed by atoms with Crippen LogP contribution < -0.4 is 21.7 Å². The number of rotatable bonds is 16. The number of amides is 3. The smallest absolute Gasteiger partial charge is 0.326 e. The summed E-state index contributed by atoms with van der Waals surface area (Å²) in [5, 5.41) is 33.9. The Bertz CT molecular complexity index is 732. The number of nitrogens with one attached hydrogen (secondary N) is 3. The van der Waals surface area contributed by atoms with Gasteiger partial charge < -0.3 is 37.0 Å². The maximum atomic E-state index is 12.7. The minimum absolute atomic E-state index is 0.120.